The molecule has 0 aromatic heterocycles. The van der Waals surface area contributed by atoms with Crippen LogP contribution in [0.15, 0.2) is 47.4 Å². The second-order valence-corrected chi connectivity index (χ2v) is 6.40. The van der Waals surface area contributed by atoms with Crippen LogP contribution in [-0.2, 0) is 11.3 Å². The van der Waals surface area contributed by atoms with Gasteiger partial charge >= 0.3 is 0 Å². The maximum atomic E-state index is 12.5. The van der Waals surface area contributed by atoms with Crippen molar-refractivity contribution < 1.29 is 24.7 Å². The molecule has 132 valence electrons. The standard InChI is InChI=1S/C17H12N2O6S/c20-13-6-5-10(7-14(13)21)8-15-16(22)18(17(23)26-15)9-11-3-1-2-4-12(11)19(24)25/h1-8,20-21H,9H2/b15-8-. The third-order valence-corrected chi connectivity index (χ3v) is 4.59. The number of nitro benzene ring substituents is 1. The van der Waals surface area contributed by atoms with Gasteiger partial charge in [-0.05, 0) is 35.5 Å². The van der Waals surface area contributed by atoms with Crippen LogP contribution in [0.4, 0.5) is 10.5 Å². The lowest BCUT2D eigenvalue weighted by Gasteiger charge is -2.12. The highest BCUT2D eigenvalue weighted by Crippen LogP contribution is 2.35. The number of amides is 2. The van der Waals surface area contributed by atoms with Gasteiger partial charge in [0.05, 0.1) is 16.4 Å². The van der Waals surface area contributed by atoms with Gasteiger partial charge < -0.3 is 10.2 Å². The van der Waals surface area contributed by atoms with Crippen molar-refractivity contribution in [2.45, 2.75) is 6.54 Å². The Kier molecular flexibility index (Phi) is 4.63. The third-order valence-electron chi connectivity index (χ3n) is 3.69. The van der Waals surface area contributed by atoms with Gasteiger partial charge in [-0.15, -0.1) is 0 Å². The van der Waals surface area contributed by atoms with E-state index in [1.807, 2.05) is 0 Å². The van der Waals surface area contributed by atoms with Crippen LogP contribution in [0.2, 0.25) is 0 Å². The Morgan fingerprint density at radius 2 is 1.85 bits per heavy atom. The van der Waals surface area contributed by atoms with Crippen molar-refractivity contribution in [1.29, 1.82) is 0 Å². The molecule has 1 aliphatic heterocycles. The highest BCUT2D eigenvalue weighted by Gasteiger charge is 2.36. The zero-order valence-electron chi connectivity index (χ0n) is 13.2. The van der Waals surface area contributed by atoms with Crippen molar-refractivity contribution in [2.75, 3.05) is 0 Å². The summed E-state index contributed by atoms with van der Waals surface area (Å²) in [4.78, 5) is 36.2. The van der Waals surface area contributed by atoms with Crippen molar-refractivity contribution in [2.24, 2.45) is 0 Å². The third kappa shape index (κ3) is 3.38. The molecule has 1 heterocycles. The molecule has 8 nitrogen and oxygen atoms in total. The highest BCUT2D eigenvalue weighted by atomic mass is 32.2. The first-order chi connectivity index (χ1) is 12.4. The van der Waals surface area contributed by atoms with Crippen molar-refractivity contribution in [3.8, 4) is 11.5 Å². The van der Waals surface area contributed by atoms with Crippen LogP contribution in [-0.4, -0.2) is 31.2 Å². The molecule has 0 unspecified atom stereocenters. The molecule has 26 heavy (non-hydrogen) atoms. The van der Waals surface area contributed by atoms with Gasteiger partial charge in [-0.1, -0.05) is 24.3 Å². The molecule has 0 aliphatic carbocycles. The Morgan fingerprint density at radius 1 is 1.12 bits per heavy atom. The van der Waals surface area contributed by atoms with Gasteiger partial charge in [0, 0.05) is 11.6 Å². The molecule has 0 radical (unpaired) electrons. The molecule has 0 spiro atoms. The lowest BCUT2D eigenvalue weighted by Crippen LogP contribution is -2.27. The summed E-state index contributed by atoms with van der Waals surface area (Å²) in [5.41, 5.74) is 0.513. The molecule has 2 aromatic rings. The molecule has 2 amide bonds. The number of nitrogens with zero attached hydrogens (tertiary/aromatic N) is 2. The number of para-hydroxylation sites is 1. The number of hydrogen-bond acceptors (Lipinski definition) is 7. The Balaban J connectivity index is 1.87. The molecule has 0 saturated carbocycles. The SMILES string of the molecule is O=C1S/C(=C\c2ccc(O)c(O)c2)C(=O)N1Cc1ccccc1[N+](=O)[O-]. The Hall–Kier alpha value is -3.33. The summed E-state index contributed by atoms with van der Waals surface area (Å²) < 4.78 is 0. The maximum Gasteiger partial charge on any atom is 0.293 e. The van der Waals surface area contributed by atoms with Crippen LogP contribution >= 0.6 is 11.8 Å². The summed E-state index contributed by atoms with van der Waals surface area (Å²) in [5, 5.41) is 29.4. The van der Waals surface area contributed by atoms with E-state index in [-0.39, 0.29) is 34.2 Å². The van der Waals surface area contributed by atoms with Crippen molar-refractivity contribution in [3.05, 3.63) is 68.6 Å². The maximum absolute atomic E-state index is 12.5. The van der Waals surface area contributed by atoms with E-state index < -0.39 is 16.1 Å². The summed E-state index contributed by atoms with van der Waals surface area (Å²) in [5.74, 6) is -1.23. The number of carbonyl (C=O) groups is 2. The first kappa shape index (κ1) is 17.5. The lowest BCUT2D eigenvalue weighted by atomic mass is 10.1. The fourth-order valence-electron chi connectivity index (χ4n) is 2.41. The van der Waals surface area contributed by atoms with Crippen LogP contribution in [0.5, 0.6) is 11.5 Å². The molecule has 2 aromatic carbocycles. The van der Waals surface area contributed by atoms with Crippen LogP contribution in [0.1, 0.15) is 11.1 Å². The number of rotatable bonds is 4. The van der Waals surface area contributed by atoms with E-state index >= 15 is 0 Å². The van der Waals surface area contributed by atoms with E-state index in [0.29, 0.717) is 17.3 Å². The van der Waals surface area contributed by atoms with E-state index in [0.717, 1.165) is 4.90 Å². The van der Waals surface area contributed by atoms with Gasteiger partial charge in [0.1, 0.15) is 0 Å². The zero-order valence-corrected chi connectivity index (χ0v) is 14.0. The molecule has 0 bridgehead atoms. The average molecular weight is 372 g/mol. The first-order valence-corrected chi connectivity index (χ1v) is 8.18. The molecule has 3 rings (SSSR count). The molecule has 0 atom stereocenters. The van der Waals surface area contributed by atoms with Crippen molar-refractivity contribution in [3.63, 3.8) is 0 Å². The minimum Gasteiger partial charge on any atom is -0.504 e. The number of phenolic OH excluding ortho intramolecular Hbond substituents is 2. The first-order valence-electron chi connectivity index (χ1n) is 7.36. The lowest BCUT2D eigenvalue weighted by molar-refractivity contribution is -0.385. The van der Waals surface area contributed by atoms with Crippen LogP contribution in [0, 0.1) is 10.1 Å². The fraction of sp³-hybridized carbons (Fsp3) is 0.0588. The predicted molar refractivity (Wildman–Crippen MR) is 94.4 cm³/mol. The van der Waals surface area contributed by atoms with E-state index in [1.54, 1.807) is 6.07 Å². The summed E-state index contributed by atoms with van der Waals surface area (Å²) in [6.45, 7) is -0.208. The molecular formula is C17H12N2O6S. The summed E-state index contributed by atoms with van der Waals surface area (Å²) in [7, 11) is 0. The Labute approximate surface area is 151 Å². The van der Waals surface area contributed by atoms with Gasteiger partial charge in [-0.25, -0.2) is 0 Å². The Bertz CT molecular complexity index is 956. The topological polar surface area (TPSA) is 121 Å². The predicted octanol–water partition coefficient (Wildman–Crippen LogP) is 3.24. The van der Waals surface area contributed by atoms with Crippen LogP contribution in [0.3, 0.4) is 0 Å². The number of imide groups is 1. The molecule has 1 fully saturated rings. The second-order valence-electron chi connectivity index (χ2n) is 5.40. The number of benzene rings is 2. The fourth-order valence-corrected chi connectivity index (χ4v) is 3.25. The number of hydrogen-bond donors (Lipinski definition) is 2. The zero-order chi connectivity index (χ0) is 18.8. The molecule has 2 N–H and O–H groups in total. The quantitative estimate of drug-likeness (QED) is 0.366. The smallest absolute Gasteiger partial charge is 0.293 e. The highest BCUT2D eigenvalue weighted by molar-refractivity contribution is 8.18. The number of phenols is 2. The number of nitro groups is 1. The molecule has 1 aliphatic rings. The van der Waals surface area contributed by atoms with E-state index in [4.69, 9.17) is 0 Å². The number of aromatic hydroxyl groups is 2. The van der Waals surface area contributed by atoms with Crippen LogP contribution < -0.4 is 0 Å². The van der Waals surface area contributed by atoms with Gasteiger partial charge in [-0.3, -0.25) is 24.6 Å². The largest absolute Gasteiger partial charge is 0.504 e. The summed E-state index contributed by atoms with van der Waals surface area (Å²) in [6.07, 6.45) is 1.41. The van der Waals surface area contributed by atoms with Gasteiger partial charge in [0.25, 0.3) is 16.8 Å². The molecule has 9 heteroatoms. The van der Waals surface area contributed by atoms with Crippen molar-refractivity contribution >= 4 is 34.7 Å². The van der Waals surface area contributed by atoms with E-state index in [2.05, 4.69) is 0 Å². The molecule has 1 saturated heterocycles. The minimum atomic E-state index is -0.578. The van der Waals surface area contributed by atoms with E-state index in [9.17, 15) is 29.9 Å². The van der Waals surface area contributed by atoms with E-state index in [1.165, 1.54) is 42.5 Å². The van der Waals surface area contributed by atoms with Gasteiger partial charge in [0.2, 0.25) is 0 Å². The number of carbonyl (C=O) groups excluding carboxylic acids is 2. The van der Waals surface area contributed by atoms with Gasteiger partial charge in [-0.2, -0.15) is 0 Å². The average Bonchev–Trinajstić information content (AvgIpc) is 2.86. The Morgan fingerprint density at radius 3 is 2.54 bits per heavy atom. The number of thioether (sulfide) groups is 1. The molecular weight excluding hydrogens is 360 g/mol. The summed E-state index contributed by atoms with van der Waals surface area (Å²) in [6, 6.07) is 9.89. The van der Waals surface area contributed by atoms with Crippen LogP contribution in [0.25, 0.3) is 6.08 Å². The van der Waals surface area contributed by atoms with Crippen molar-refractivity contribution in [1.82, 2.24) is 4.90 Å². The second kappa shape index (κ2) is 6.89. The van der Waals surface area contributed by atoms with Gasteiger partial charge in [0.15, 0.2) is 11.5 Å². The minimum absolute atomic E-state index is 0.124. The summed E-state index contributed by atoms with van der Waals surface area (Å²) >= 11 is 0.705. The monoisotopic (exact) mass is 372 g/mol. The normalized spacial score (nSPS) is 15.7.